The van der Waals surface area contributed by atoms with E-state index in [-0.39, 0.29) is 18.2 Å². The van der Waals surface area contributed by atoms with Crippen molar-refractivity contribution >= 4 is 32.7 Å². The van der Waals surface area contributed by atoms with Gasteiger partial charge in [-0.05, 0) is 38.7 Å². The Morgan fingerprint density at radius 3 is 2.53 bits per heavy atom. The van der Waals surface area contributed by atoms with Gasteiger partial charge in [-0.15, -0.1) is 0 Å². The standard InChI is InChI=1S/C29H36N8O5S/c1-20-31-17-23(34(20)2)18-37(43(3,39)40)29(38)21-14-25-26(32-16-21)15-27(35-10-12-41-13-11-35)33-28(25)42-24-6-4-22(5-7-24)36-9-8-30-19-36/h8-9,14-17,19,22,24H,4-7,10-13,18H2,1-3H3/t22-,24+. The molecule has 1 saturated heterocycles. The molecule has 6 rings (SSSR count). The van der Waals surface area contributed by atoms with E-state index < -0.39 is 15.9 Å². The Bertz CT molecular complexity index is 1710. The molecular formula is C29H36N8O5S. The van der Waals surface area contributed by atoms with Crippen molar-refractivity contribution < 1.29 is 22.7 Å². The molecule has 0 radical (unpaired) electrons. The van der Waals surface area contributed by atoms with Gasteiger partial charge < -0.3 is 23.5 Å². The minimum atomic E-state index is -3.91. The minimum Gasteiger partial charge on any atom is -0.474 e. The van der Waals surface area contributed by atoms with Gasteiger partial charge in [0.25, 0.3) is 5.91 Å². The third-order valence-corrected chi connectivity index (χ3v) is 9.43. The Hall–Kier alpha value is -4.04. The zero-order valence-electron chi connectivity index (χ0n) is 24.6. The van der Waals surface area contributed by atoms with Crippen LogP contribution in [-0.2, 0) is 28.4 Å². The molecule has 4 aromatic rings. The molecule has 0 spiro atoms. The molecular weight excluding hydrogens is 572 g/mol. The summed E-state index contributed by atoms with van der Waals surface area (Å²) < 4.78 is 42.4. The van der Waals surface area contributed by atoms with E-state index in [0.29, 0.717) is 60.6 Å². The molecule has 0 unspecified atom stereocenters. The number of aromatic nitrogens is 6. The van der Waals surface area contributed by atoms with Crippen LogP contribution in [0.5, 0.6) is 5.88 Å². The number of morpholine rings is 1. The van der Waals surface area contributed by atoms with Crippen LogP contribution in [0.4, 0.5) is 5.82 Å². The number of anilines is 1. The first-order valence-corrected chi connectivity index (χ1v) is 16.3. The van der Waals surface area contributed by atoms with Crippen molar-refractivity contribution in [2.24, 2.45) is 7.05 Å². The molecule has 0 atom stereocenters. The van der Waals surface area contributed by atoms with Gasteiger partial charge in [0.05, 0.1) is 60.7 Å². The fourth-order valence-electron chi connectivity index (χ4n) is 5.67. The third-order valence-electron chi connectivity index (χ3n) is 8.33. The van der Waals surface area contributed by atoms with E-state index in [2.05, 4.69) is 24.4 Å². The molecule has 2 fully saturated rings. The van der Waals surface area contributed by atoms with Gasteiger partial charge in [-0.2, -0.15) is 4.98 Å². The summed E-state index contributed by atoms with van der Waals surface area (Å²) in [4.78, 5) is 33.8. The smallest absolute Gasteiger partial charge is 0.269 e. The highest BCUT2D eigenvalue weighted by molar-refractivity contribution is 7.88. The van der Waals surface area contributed by atoms with Crippen LogP contribution in [0, 0.1) is 6.92 Å². The molecule has 43 heavy (non-hydrogen) atoms. The summed E-state index contributed by atoms with van der Waals surface area (Å²) in [5, 5.41) is 0.560. The van der Waals surface area contributed by atoms with E-state index in [4.69, 9.17) is 14.5 Å². The first-order valence-electron chi connectivity index (χ1n) is 14.4. The van der Waals surface area contributed by atoms with Gasteiger partial charge in [0.15, 0.2) is 0 Å². The number of rotatable bonds is 8. The molecule has 0 N–H and O–H groups in total. The van der Waals surface area contributed by atoms with Crippen LogP contribution in [0.15, 0.2) is 43.2 Å². The number of pyridine rings is 2. The fourth-order valence-corrected chi connectivity index (χ4v) is 6.45. The van der Waals surface area contributed by atoms with E-state index in [0.717, 1.165) is 42.1 Å². The van der Waals surface area contributed by atoms with E-state index in [1.54, 1.807) is 30.1 Å². The molecule has 228 valence electrons. The highest BCUT2D eigenvalue weighted by Gasteiger charge is 2.29. The number of carbonyl (C=O) groups is 1. The van der Waals surface area contributed by atoms with Crippen LogP contribution in [0.2, 0.25) is 0 Å². The first kappa shape index (κ1) is 29.1. The molecule has 1 aliphatic heterocycles. The van der Waals surface area contributed by atoms with Gasteiger partial charge in [0.1, 0.15) is 17.7 Å². The third kappa shape index (κ3) is 6.20. The lowest BCUT2D eigenvalue weighted by Crippen LogP contribution is -2.37. The fraction of sp³-hybridized carbons (Fsp3) is 0.483. The molecule has 4 aromatic heterocycles. The maximum atomic E-state index is 13.7. The summed E-state index contributed by atoms with van der Waals surface area (Å²) in [6, 6.07) is 3.90. The Kier molecular flexibility index (Phi) is 8.05. The number of amides is 1. The Morgan fingerprint density at radius 1 is 1.12 bits per heavy atom. The summed E-state index contributed by atoms with van der Waals surface area (Å²) in [5.41, 5.74) is 1.34. The van der Waals surface area contributed by atoms with Gasteiger partial charge in [0, 0.05) is 50.8 Å². The number of fused-ring (bicyclic) bond motifs is 1. The molecule has 0 bridgehead atoms. The monoisotopic (exact) mass is 608 g/mol. The summed E-state index contributed by atoms with van der Waals surface area (Å²) in [5.74, 6) is 1.15. The maximum absolute atomic E-state index is 13.7. The number of carbonyl (C=O) groups excluding carboxylic acids is 1. The Balaban J connectivity index is 1.32. The second-order valence-corrected chi connectivity index (χ2v) is 13.1. The van der Waals surface area contributed by atoms with Crippen LogP contribution in [0.1, 0.15) is 53.6 Å². The normalized spacial score (nSPS) is 19.5. The van der Waals surface area contributed by atoms with E-state index in [1.807, 2.05) is 25.5 Å². The highest BCUT2D eigenvalue weighted by atomic mass is 32.2. The van der Waals surface area contributed by atoms with Crippen molar-refractivity contribution in [3.63, 3.8) is 0 Å². The SMILES string of the molecule is Cc1ncc(CN(C(=O)c2cnc3cc(N4CCOCC4)nc(O[C@H]4CC[C@@H](n5ccnc5)CC4)c3c2)S(C)(=O)=O)n1C. The average molecular weight is 609 g/mol. The van der Waals surface area contributed by atoms with Gasteiger partial charge in [-0.3, -0.25) is 9.78 Å². The molecule has 5 heterocycles. The van der Waals surface area contributed by atoms with Crippen molar-refractivity contribution in [2.45, 2.75) is 51.3 Å². The second kappa shape index (κ2) is 11.9. The van der Waals surface area contributed by atoms with Crippen molar-refractivity contribution in [3.05, 3.63) is 60.3 Å². The summed E-state index contributed by atoms with van der Waals surface area (Å²) in [6.07, 6.45) is 13.2. The van der Waals surface area contributed by atoms with Crippen molar-refractivity contribution in [3.8, 4) is 5.88 Å². The molecule has 1 amide bonds. The van der Waals surface area contributed by atoms with Crippen molar-refractivity contribution in [1.29, 1.82) is 0 Å². The predicted octanol–water partition coefficient (Wildman–Crippen LogP) is 2.87. The maximum Gasteiger partial charge on any atom is 0.269 e. The van der Waals surface area contributed by atoms with Gasteiger partial charge in [0.2, 0.25) is 15.9 Å². The molecule has 1 aliphatic carbocycles. The highest BCUT2D eigenvalue weighted by Crippen LogP contribution is 2.34. The summed E-state index contributed by atoms with van der Waals surface area (Å²) in [6.45, 7) is 4.26. The van der Waals surface area contributed by atoms with Crippen LogP contribution in [0.3, 0.4) is 0 Å². The Morgan fingerprint density at radius 2 is 1.88 bits per heavy atom. The number of imidazole rings is 2. The lowest BCUT2D eigenvalue weighted by atomic mass is 9.93. The van der Waals surface area contributed by atoms with Crippen LogP contribution in [0.25, 0.3) is 10.9 Å². The van der Waals surface area contributed by atoms with Crippen LogP contribution >= 0.6 is 0 Å². The molecule has 14 heteroatoms. The van der Waals surface area contributed by atoms with Crippen molar-refractivity contribution in [2.75, 3.05) is 37.5 Å². The molecule has 1 saturated carbocycles. The summed E-state index contributed by atoms with van der Waals surface area (Å²) >= 11 is 0. The molecule has 13 nitrogen and oxygen atoms in total. The van der Waals surface area contributed by atoms with Gasteiger partial charge in [-0.1, -0.05) is 0 Å². The zero-order valence-corrected chi connectivity index (χ0v) is 25.4. The average Bonchev–Trinajstić information content (AvgIpc) is 3.66. The quantitative estimate of drug-likeness (QED) is 0.294. The van der Waals surface area contributed by atoms with E-state index in [9.17, 15) is 13.2 Å². The second-order valence-electron chi connectivity index (χ2n) is 11.2. The summed E-state index contributed by atoms with van der Waals surface area (Å²) in [7, 11) is -2.12. The number of sulfonamides is 1. The minimum absolute atomic E-state index is 0.0598. The number of aryl methyl sites for hydroxylation is 1. The zero-order chi connectivity index (χ0) is 30.1. The lowest BCUT2D eigenvalue weighted by molar-refractivity contribution is 0.0853. The number of nitrogens with zero attached hydrogens (tertiary/aromatic N) is 8. The van der Waals surface area contributed by atoms with Crippen LogP contribution < -0.4 is 9.64 Å². The first-order chi connectivity index (χ1) is 20.7. The van der Waals surface area contributed by atoms with E-state index >= 15 is 0 Å². The molecule has 0 aromatic carbocycles. The van der Waals surface area contributed by atoms with Gasteiger partial charge in [-0.25, -0.2) is 22.7 Å². The van der Waals surface area contributed by atoms with Crippen molar-refractivity contribution in [1.82, 2.24) is 33.4 Å². The largest absolute Gasteiger partial charge is 0.474 e. The van der Waals surface area contributed by atoms with Crippen LogP contribution in [-0.4, -0.2) is 86.4 Å². The molecule has 2 aliphatic rings. The number of ether oxygens (including phenoxy) is 2. The number of hydrogen-bond acceptors (Lipinski definition) is 10. The predicted molar refractivity (Wildman–Crippen MR) is 159 cm³/mol. The topological polar surface area (TPSA) is 138 Å². The van der Waals surface area contributed by atoms with E-state index in [1.165, 1.54) is 6.20 Å². The number of hydrogen-bond donors (Lipinski definition) is 0. The lowest BCUT2D eigenvalue weighted by Gasteiger charge is -2.31. The van der Waals surface area contributed by atoms with Gasteiger partial charge >= 0.3 is 0 Å². The Labute approximate surface area is 250 Å².